The number of rotatable bonds is 7. The summed E-state index contributed by atoms with van der Waals surface area (Å²) in [6, 6.07) is 16.6. The minimum atomic E-state index is -0.897. The summed E-state index contributed by atoms with van der Waals surface area (Å²) in [6.45, 7) is 11.6. The van der Waals surface area contributed by atoms with E-state index in [0.717, 1.165) is 16.7 Å². The van der Waals surface area contributed by atoms with Gasteiger partial charge in [0.2, 0.25) is 0 Å². The molecule has 202 valence electrons. The number of aliphatic hydroxyl groups is 1. The van der Waals surface area contributed by atoms with Crippen LogP contribution < -0.4 is 14.4 Å². The predicted octanol–water partition coefficient (Wildman–Crippen LogP) is 6.38. The van der Waals surface area contributed by atoms with Crippen LogP contribution in [0, 0.1) is 13.8 Å². The largest absolute Gasteiger partial charge is 0.507 e. The van der Waals surface area contributed by atoms with Gasteiger partial charge in [-0.1, -0.05) is 32.0 Å². The molecule has 1 saturated heterocycles. The Morgan fingerprint density at radius 3 is 2.18 bits per heavy atom. The van der Waals surface area contributed by atoms with Gasteiger partial charge in [0.1, 0.15) is 17.3 Å². The first-order chi connectivity index (χ1) is 18.5. The number of hydrogen-bond donors (Lipinski definition) is 1. The number of ether oxygens (including phenoxy) is 2. The smallest absolute Gasteiger partial charge is 0.308 e. The zero-order valence-electron chi connectivity index (χ0n) is 23.1. The first-order valence-electron chi connectivity index (χ1n) is 13.0. The summed E-state index contributed by atoms with van der Waals surface area (Å²) in [5.41, 5.74) is 4.29. The van der Waals surface area contributed by atoms with Crippen LogP contribution >= 0.6 is 0 Å². The highest BCUT2D eigenvalue weighted by Crippen LogP contribution is 2.43. The van der Waals surface area contributed by atoms with Gasteiger partial charge >= 0.3 is 5.97 Å². The fourth-order valence-corrected chi connectivity index (χ4v) is 4.98. The molecule has 0 radical (unpaired) electrons. The maximum Gasteiger partial charge on any atom is 0.308 e. The number of nitrogens with zero attached hydrogens (tertiary/aromatic N) is 1. The number of anilines is 1. The Kier molecular flexibility index (Phi) is 7.90. The Labute approximate surface area is 228 Å². The van der Waals surface area contributed by atoms with Crippen molar-refractivity contribution in [2.75, 3.05) is 11.5 Å². The van der Waals surface area contributed by atoms with Gasteiger partial charge in [0.15, 0.2) is 0 Å². The van der Waals surface area contributed by atoms with E-state index in [1.54, 1.807) is 42.5 Å². The zero-order valence-corrected chi connectivity index (χ0v) is 23.1. The minimum absolute atomic E-state index is 0.0155. The van der Waals surface area contributed by atoms with Crippen LogP contribution in [0.15, 0.2) is 66.2 Å². The van der Waals surface area contributed by atoms with E-state index >= 15 is 0 Å². The zero-order chi connectivity index (χ0) is 28.4. The average Bonchev–Trinajstić information content (AvgIpc) is 3.13. The van der Waals surface area contributed by atoms with Crippen molar-refractivity contribution in [3.8, 4) is 11.5 Å². The summed E-state index contributed by atoms with van der Waals surface area (Å²) < 4.78 is 10.9. The van der Waals surface area contributed by atoms with E-state index in [2.05, 4.69) is 0 Å². The number of Topliss-reactive ketones (excluding diaryl/α,β-unsaturated/α-hetero) is 1. The highest BCUT2D eigenvalue weighted by Gasteiger charge is 2.47. The molecule has 1 aliphatic heterocycles. The molecule has 39 heavy (non-hydrogen) atoms. The Morgan fingerprint density at radius 1 is 0.974 bits per heavy atom. The number of aryl methyl sites for hydroxylation is 2. The van der Waals surface area contributed by atoms with Crippen LogP contribution in [0.5, 0.6) is 11.5 Å². The van der Waals surface area contributed by atoms with Crippen molar-refractivity contribution in [3.05, 3.63) is 94.1 Å². The number of carbonyl (C=O) groups excluding carboxylic acids is 3. The molecule has 0 saturated carbocycles. The molecule has 1 amide bonds. The van der Waals surface area contributed by atoms with Crippen LogP contribution in [-0.2, 0) is 14.4 Å². The molecule has 3 aromatic rings. The lowest BCUT2D eigenvalue weighted by atomic mass is 9.93. The van der Waals surface area contributed by atoms with Crippen LogP contribution in [0.3, 0.4) is 0 Å². The first-order valence-corrected chi connectivity index (χ1v) is 13.0. The molecule has 4 rings (SSSR count). The van der Waals surface area contributed by atoms with Crippen molar-refractivity contribution in [1.82, 2.24) is 0 Å². The molecule has 3 aromatic carbocycles. The van der Waals surface area contributed by atoms with Gasteiger partial charge in [-0.2, -0.15) is 0 Å². The van der Waals surface area contributed by atoms with Crippen LogP contribution in [0.25, 0.3) is 5.76 Å². The second-order valence-corrected chi connectivity index (χ2v) is 10.0. The van der Waals surface area contributed by atoms with E-state index in [1.165, 1.54) is 11.8 Å². The van der Waals surface area contributed by atoms with Crippen molar-refractivity contribution in [1.29, 1.82) is 0 Å². The molecule has 1 atom stereocenters. The molecule has 1 aliphatic rings. The van der Waals surface area contributed by atoms with Gasteiger partial charge in [0.25, 0.3) is 11.7 Å². The Balaban J connectivity index is 1.93. The lowest BCUT2D eigenvalue weighted by Crippen LogP contribution is -2.29. The topological polar surface area (TPSA) is 93.1 Å². The maximum atomic E-state index is 13.6. The van der Waals surface area contributed by atoms with Crippen molar-refractivity contribution in [2.45, 2.75) is 53.5 Å². The van der Waals surface area contributed by atoms with E-state index in [1.807, 2.05) is 52.8 Å². The monoisotopic (exact) mass is 527 g/mol. The van der Waals surface area contributed by atoms with Crippen LogP contribution in [0.1, 0.15) is 67.5 Å². The number of ketones is 1. The normalized spacial score (nSPS) is 16.6. The maximum absolute atomic E-state index is 13.6. The number of amides is 1. The molecule has 0 bridgehead atoms. The molecular formula is C32H33NO6. The molecule has 1 heterocycles. The van der Waals surface area contributed by atoms with Gasteiger partial charge in [0, 0.05) is 18.2 Å². The van der Waals surface area contributed by atoms with Gasteiger partial charge in [-0.15, -0.1) is 0 Å². The summed E-state index contributed by atoms with van der Waals surface area (Å²) in [5.74, 6) is -1.09. The molecule has 1 unspecified atom stereocenters. The lowest BCUT2D eigenvalue weighted by Gasteiger charge is -2.26. The minimum Gasteiger partial charge on any atom is -0.507 e. The number of hydrogen-bond acceptors (Lipinski definition) is 6. The number of esters is 1. The number of aliphatic hydroxyl groups excluding tert-OH is 1. The SMILES string of the molecule is CCOc1ccc(/C(O)=C2/C(=O)C(=O)N(c3cc(C)cc(C)c3)C2c2ccc(OC(C)=O)cc2)cc1C(C)C. The summed E-state index contributed by atoms with van der Waals surface area (Å²) in [7, 11) is 0. The van der Waals surface area contributed by atoms with E-state index in [0.29, 0.717) is 34.9 Å². The Hall–Kier alpha value is -4.39. The van der Waals surface area contributed by atoms with Crippen molar-refractivity contribution in [3.63, 3.8) is 0 Å². The fourth-order valence-electron chi connectivity index (χ4n) is 4.98. The summed E-state index contributed by atoms with van der Waals surface area (Å²) in [5, 5.41) is 11.6. The third kappa shape index (κ3) is 5.58. The molecule has 1 N–H and O–H groups in total. The highest BCUT2D eigenvalue weighted by molar-refractivity contribution is 6.51. The second kappa shape index (κ2) is 11.2. The molecule has 0 aromatic heterocycles. The number of carbonyl (C=O) groups is 3. The lowest BCUT2D eigenvalue weighted by molar-refractivity contribution is -0.132. The van der Waals surface area contributed by atoms with Crippen LogP contribution in [-0.4, -0.2) is 29.4 Å². The highest BCUT2D eigenvalue weighted by atomic mass is 16.5. The molecule has 0 aliphatic carbocycles. The van der Waals surface area contributed by atoms with Crippen molar-refractivity contribution >= 4 is 29.1 Å². The van der Waals surface area contributed by atoms with Gasteiger partial charge in [-0.25, -0.2) is 0 Å². The fraction of sp³-hybridized carbons (Fsp3) is 0.281. The van der Waals surface area contributed by atoms with E-state index < -0.39 is 23.7 Å². The molecule has 7 heteroatoms. The van der Waals surface area contributed by atoms with Crippen molar-refractivity contribution in [2.24, 2.45) is 0 Å². The predicted molar refractivity (Wildman–Crippen MR) is 150 cm³/mol. The molecule has 0 spiro atoms. The van der Waals surface area contributed by atoms with Gasteiger partial charge in [0.05, 0.1) is 18.2 Å². The summed E-state index contributed by atoms with van der Waals surface area (Å²) in [6.07, 6.45) is 0. The molecule has 7 nitrogen and oxygen atoms in total. The molecule has 1 fully saturated rings. The average molecular weight is 528 g/mol. The van der Waals surface area contributed by atoms with Crippen LogP contribution in [0.4, 0.5) is 5.69 Å². The van der Waals surface area contributed by atoms with E-state index in [9.17, 15) is 19.5 Å². The second-order valence-electron chi connectivity index (χ2n) is 10.0. The molecular weight excluding hydrogens is 494 g/mol. The standard InChI is InChI=1S/C32H33NO6/c1-7-38-27-13-10-23(17-26(27)18(2)3)30(35)28-29(22-8-11-25(12-9-22)39-21(6)34)33(32(37)31(28)36)24-15-19(4)14-20(5)16-24/h8-18,29,35H,7H2,1-6H3/b30-28-. The summed E-state index contributed by atoms with van der Waals surface area (Å²) in [4.78, 5) is 39.9. The van der Waals surface area contributed by atoms with E-state index in [-0.39, 0.29) is 17.3 Å². The Morgan fingerprint density at radius 2 is 1.62 bits per heavy atom. The summed E-state index contributed by atoms with van der Waals surface area (Å²) >= 11 is 0. The third-order valence-electron chi connectivity index (χ3n) is 6.59. The Bertz CT molecular complexity index is 1450. The first kappa shape index (κ1) is 27.6. The third-order valence-corrected chi connectivity index (χ3v) is 6.59. The quantitative estimate of drug-likeness (QED) is 0.126. The van der Waals surface area contributed by atoms with Crippen LogP contribution in [0.2, 0.25) is 0 Å². The van der Waals surface area contributed by atoms with Gasteiger partial charge in [-0.05, 0) is 91.4 Å². The van der Waals surface area contributed by atoms with Crippen molar-refractivity contribution < 1.29 is 29.0 Å². The van der Waals surface area contributed by atoms with E-state index in [4.69, 9.17) is 9.47 Å². The van der Waals surface area contributed by atoms with Gasteiger partial charge in [-0.3, -0.25) is 19.3 Å². The van der Waals surface area contributed by atoms with Gasteiger partial charge < -0.3 is 14.6 Å². The number of benzene rings is 3.